The molecule has 0 aliphatic heterocycles. The first-order valence-corrected chi connectivity index (χ1v) is 8.47. The molecule has 0 aliphatic rings. The molecule has 0 radical (unpaired) electrons. The van der Waals surface area contributed by atoms with Crippen molar-refractivity contribution in [3.63, 3.8) is 0 Å². The number of hydrogen-bond acceptors (Lipinski definition) is 4. The third kappa shape index (κ3) is 5.51. The number of methoxy groups -OCH3 is 1. The smallest absolute Gasteiger partial charge is 0.325 e. The van der Waals surface area contributed by atoms with Crippen LogP contribution in [0.4, 0.5) is 16.2 Å². The van der Waals surface area contributed by atoms with Crippen molar-refractivity contribution in [2.24, 2.45) is 0 Å². The minimum Gasteiger partial charge on any atom is -0.497 e. The van der Waals surface area contributed by atoms with Crippen LogP contribution in [0.1, 0.15) is 19.4 Å². The van der Waals surface area contributed by atoms with Crippen LogP contribution in [0.15, 0.2) is 48.5 Å². The monoisotopic (exact) mass is 355 g/mol. The largest absolute Gasteiger partial charge is 0.497 e. The molecule has 0 atom stereocenters. The van der Waals surface area contributed by atoms with Crippen molar-refractivity contribution in [3.05, 3.63) is 54.1 Å². The molecular weight excluding hydrogens is 330 g/mol. The van der Waals surface area contributed by atoms with Crippen molar-refractivity contribution < 1.29 is 14.3 Å². The fraction of sp³-hybridized carbons (Fsp3) is 0.300. The van der Waals surface area contributed by atoms with Crippen LogP contribution in [0.2, 0.25) is 0 Å². The number of carbonyl (C=O) groups excluding carboxylic acids is 2. The normalized spacial score (nSPS) is 10.3. The zero-order chi connectivity index (χ0) is 19.1. The maximum absolute atomic E-state index is 12.3. The summed E-state index contributed by atoms with van der Waals surface area (Å²) in [6, 6.07) is 14.4. The van der Waals surface area contributed by atoms with Crippen LogP contribution < -0.4 is 20.3 Å². The highest BCUT2D eigenvalue weighted by molar-refractivity contribution is 6.02. The summed E-state index contributed by atoms with van der Waals surface area (Å²) in [5, 5.41) is 4.99. The maximum Gasteiger partial charge on any atom is 0.325 e. The number of anilines is 2. The predicted molar refractivity (Wildman–Crippen MR) is 104 cm³/mol. The van der Waals surface area contributed by atoms with E-state index in [4.69, 9.17) is 4.74 Å². The summed E-state index contributed by atoms with van der Waals surface area (Å²) in [6.07, 6.45) is 0. The second kappa shape index (κ2) is 8.89. The van der Waals surface area contributed by atoms with Crippen molar-refractivity contribution in [2.75, 3.05) is 23.9 Å². The highest BCUT2D eigenvalue weighted by Crippen LogP contribution is 2.18. The van der Waals surface area contributed by atoms with E-state index in [1.807, 2.05) is 49.9 Å². The van der Waals surface area contributed by atoms with E-state index in [9.17, 15) is 9.59 Å². The van der Waals surface area contributed by atoms with Gasteiger partial charge in [-0.15, -0.1) is 0 Å². The second-order valence-corrected chi connectivity index (χ2v) is 6.29. The van der Waals surface area contributed by atoms with Gasteiger partial charge in [0.15, 0.2) is 0 Å². The number of rotatable bonds is 6. The number of urea groups is 1. The molecule has 6 heteroatoms. The maximum atomic E-state index is 12.3. The third-order valence-electron chi connectivity index (χ3n) is 3.90. The standard InChI is InChI=1S/C20H25N3O3/c1-14(2)23(17-9-5-15(3)6-10-17)13-19(24)22-20(25)21-16-7-11-18(26-4)12-8-16/h5-12,14H,13H2,1-4H3,(H2,21,22,24,25). The molecule has 138 valence electrons. The molecule has 0 heterocycles. The van der Waals surface area contributed by atoms with Crippen molar-refractivity contribution in [2.45, 2.75) is 26.8 Å². The second-order valence-electron chi connectivity index (χ2n) is 6.29. The molecule has 2 aromatic rings. The summed E-state index contributed by atoms with van der Waals surface area (Å²) < 4.78 is 5.07. The lowest BCUT2D eigenvalue weighted by molar-refractivity contribution is -0.118. The average molecular weight is 355 g/mol. The van der Waals surface area contributed by atoms with Gasteiger partial charge in [0.1, 0.15) is 5.75 Å². The number of aryl methyl sites for hydroxylation is 1. The van der Waals surface area contributed by atoms with Gasteiger partial charge in [-0.2, -0.15) is 0 Å². The predicted octanol–water partition coefficient (Wildman–Crippen LogP) is 3.57. The number of hydrogen-bond donors (Lipinski definition) is 2. The van der Waals surface area contributed by atoms with Gasteiger partial charge in [-0.05, 0) is 57.2 Å². The molecule has 2 rings (SSSR count). The molecule has 0 bridgehead atoms. The highest BCUT2D eigenvalue weighted by Gasteiger charge is 2.16. The average Bonchev–Trinajstić information content (AvgIpc) is 2.61. The number of carbonyl (C=O) groups is 2. The van der Waals surface area contributed by atoms with E-state index >= 15 is 0 Å². The molecule has 0 unspecified atom stereocenters. The summed E-state index contributed by atoms with van der Waals surface area (Å²) >= 11 is 0. The van der Waals surface area contributed by atoms with Gasteiger partial charge in [0.25, 0.3) is 0 Å². The topological polar surface area (TPSA) is 70.7 Å². The Morgan fingerprint density at radius 3 is 2.19 bits per heavy atom. The number of nitrogens with one attached hydrogen (secondary N) is 2. The molecule has 0 spiro atoms. The van der Waals surface area contributed by atoms with Gasteiger partial charge in [0, 0.05) is 17.4 Å². The molecule has 0 fully saturated rings. The van der Waals surface area contributed by atoms with Crippen molar-refractivity contribution >= 4 is 23.3 Å². The lowest BCUT2D eigenvalue weighted by Gasteiger charge is -2.28. The minimum atomic E-state index is -0.562. The molecule has 3 amide bonds. The van der Waals surface area contributed by atoms with E-state index in [0.717, 1.165) is 11.3 Å². The van der Waals surface area contributed by atoms with E-state index < -0.39 is 6.03 Å². The Kier molecular flexibility index (Phi) is 6.60. The number of ether oxygens (including phenoxy) is 1. The van der Waals surface area contributed by atoms with E-state index in [1.165, 1.54) is 0 Å². The van der Waals surface area contributed by atoms with Crippen LogP contribution >= 0.6 is 0 Å². The summed E-state index contributed by atoms with van der Waals surface area (Å²) in [6.45, 7) is 6.12. The number of imide groups is 1. The van der Waals surface area contributed by atoms with Crippen LogP contribution in [-0.2, 0) is 4.79 Å². The van der Waals surface area contributed by atoms with E-state index in [0.29, 0.717) is 11.4 Å². The van der Waals surface area contributed by atoms with Crippen molar-refractivity contribution in [1.82, 2.24) is 5.32 Å². The summed E-state index contributed by atoms with van der Waals surface area (Å²) in [5.74, 6) is 0.322. The molecule has 26 heavy (non-hydrogen) atoms. The first kappa shape index (κ1) is 19.3. The van der Waals surface area contributed by atoms with Crippen LogP contribution in [0.5, 0.6) is 5.75 Å². The third-order valence-corrected chi connectivity index (χ3v) is 3.90. The minimum absolute atomic E-state index is 0.0940. The lowest BCUT2D eigenvalue weighted by atomic mass is 10.2. The Balaban J connectivity index is 1.94. The number of nitrogens with zero attached hydrogens (tertiary/aromatic N) is 1. The van der Waals surface area contributed by atoms with E-state index in [-0.39, 0.29) is 18.5 Å². The molecule has 0 saturated heterocycles. The fourth-order valence-corrected chi connectivity index (χ4v) is 2.47. The van der Waals surface area contributed by atoms with Gasteiger partial charge in [0.2, 0.25) is 5.91 Å². The van der Waals surface area contributed by atoms with Gasteiger partial charge in [0.05, 0.1) is 13.7 Å². The molecule has 0 aromatic heterocycles. The lowest BCUT2D eigenvalue weighted by Crippen LogP contribution is -2.44. The summed E-state index contributed by atoms with van der Waals surface area (Å²) in [4.78, 5) is 26.2. The molecule has 2 N–H and O–H groups in total. The van der Waals surface area contributed by atoms with Gasteiger partial charge in [-0.3, -0.25) is 10.1 Å². The van der Waals surface area contributed by atoms with Gasteiger partial charge < -0.3 is 15.0 Å². The van der Waals surface area contributed by atoms with Crippen molar-refractivity contribution in [1.29, 1.82) is 0 Å². The molecule has 0 aliphatic carbocycles. The van der Waals surface area contributed by atoms with Gasteiger partial charge in [-0.25, -0.2) is 4.79 Å². The molecule has 6 nitrogen and oxygen atoms in total. The van der Waals surface area contributed by atoms with Crippen molar-refractivity contribution in [3.8, 4) is 5.75 Å². The van der Waals surface area contributed by atoms with Gasteiger partial charge in [-0.1, -0.05) is 17.7 Å². The number of amides is 3. The zero-order valence-electron chi connectivity index (χ0n) is 15.6. The highest BCUT2D eigenvalue weighted by atomic mass is 16.5. The first-order valence-electron chi connectivity index (χ1n) is 8.47. The Morgan fingerprint density at radius 1 is 1.04 bits per heavy atom. The molecule has 2 aromatic carbocycles. The Hall–Kier alpha value is -3.02. The quantitative estimate of drug-likeness (QED) is 0.831. The van der Waals surface area contributed by atoms with Crippen LogP contribution in [0, 0.1) is 6.92 Å². The Morgan fingerprint density at radius 2 is 1.65 bits per heavy atom. The molecular formula is C20H25N3O3. The SMILES string of the molecule is COc1ccc(NC(=O)NC(=O)CN(c2ccc(C)cc2)C(C)C)cc1. The first-order chi connectivity index (χ1) is 12.4. The molecule has 0 saturated carbocycles. The number of benzene rings is 2. The summed E-state index contributed by atoms with van der Waals surface area (Å²) in [7, 11) is 1.57. The fourth-order valence-electron chi connectivity index (χ4n) is 2.47. The van der Waals surface area contributed by atoms with Crippen LogP contribution in [0.25, 0.3) is 0 Å². The Bertz CT molecular complexity index is 740. The van der Waals surface area contributed by atoms with Crippen LogP contribution in [0.3, 0.4) is 0 Å². The summed E-state index contributed by atoms with van der Waals surface area (Å²) in [5.41, 5.74) is 2.67. The van der Waals surface area contributed by atoms with E-state index in [2.05, 4.69) is 10.6 Å². The van der Waals surface area contributed by atoms with Crippen LogP contribution in [-0.4, -0.2) is 31.6 Å². The Labute approximate surface area is 154 Å². The zero-order valence-corrected chi connectivity index (χ0v) is 15.6. The van der Waals surface area contributed by atoms with Gasteiger partial charge >= 0.3 is 6.03 Å². The van der Waals surface area contributed by atoms with E-state index in [1.54, 1.807) is 31.4 Å².